The van der Waals surface area contributed by atoms with Crippen LogP contribution in [-0.2, 0) is 4.79 Å². The first-order valence-corrected chi connectivity index (χ1v) is 4.63. The maximum absolute atomic E-state index is 11.2. The number of hydrogen-bond donors (Lipinski definition) is 1. The zero-order valence-electron chi connectivity index (χ0n) is 9.35. The zero-order chi connectivity index (χ0) is 12.5. The topological polar surface area (TPSA) is 89.5 Å². The molecule has 0 aromatic heterocycles. The number of anilines is 2. The summed E-state index contributed by atoms with van der Waals surface area (Å²) < 4.78 is 0. The predicted octanol–water partition coefficient (Wildman–Crippen LogP) is 1.47. The van der Waals surface area contributed by atoms with Crippen LogP contribution < -0.4 is 10.6 Å². The molecule has 0 atom stereocenters. The Morgan fingerprint density at radius 3 is 2.50 bits per heavy atom. The van der Waals surface area contributed by atoms with Gasteiger partial charge in [-0.15, -0.1) is 0 Å². The van der Waals surface area contributed by atoms with Crippen LogP contribution in [0.1, 0.15) is 12.5 Å². The fraction of sp³-hybridized carbons (Fsp3) is 0.300. The molecule has 0 saturated carbocycles. The number of nitrogen functional groups attached to an aromatic ring is 1. The molecule has 0 aliphatic heterocycles. The number of nitro groups is 1. The van der Waals surface area contributed by atoms with E-state index in [0.717, 1.165) is 0 Å². The van der Waals surface area contributed by atoms with Gasteiger partial charge in [0.2, 0.25) is 5.91 Å². The average molecular weight is 223 g/mol. The van der Waals surface area contributed by atoms with E-state index in [9.17, 15) is 14.9 Å². The van der Waals surface area contributed by atoms with Gasteiger partial charge in [-0.2, -0.15) is 0 Å². The molecule has 0 aliphatic carbocycles. The molecule has 0 fully saturated rings. The Morgan fingerprint density at radius 2 is 2.06 bits per heavy atom. The van der Waals surface area contributed by atoms with E-state index in [1.807, 2.05) is 0 Å². The third-order valence-electron chi connectivity index (χ3n) is 2.38. The molecular formula is C10H13N3O3. The number of rotatable bonds is 2. The second-order valence-corrected chi connectivity index (χ2v) is 3.53. The highest BCUT2D eigenvalue weighted by Crippen LogP contribution is 2.30. The van der Waals surface area contributed by atoms with Crippen LogP contribution in [0.3, 0.4) is 0 Å². The smallest absolute Gasteiger partial charge is 0.292 e. The summed E-state index contributed by atoms with van der Waals surface area (Å²) in [6.45, 7) is 3.11. The molecule has 1 amide bonds. The Balaban J connectivity index is 3.31. The van der Waals surface area contributed by atoms with Crippen molar-refractivity contribution in [3.8, 4) is 0 Å². The van der Waals surface area contributed by atoms with Crippen LogP contribution in [0.15, 0.2) is 12.1 Å². The van der Waals surface area contributed by atoms with Gasteiger partial charge in [-0.25, -0.2) is 0 Å². The van der Waals surface area contributed by atoms with Crippen molar-refractivity contribution in [2.75, 3.05) is 17.7 Å². The summed E-state index contributed by atoms with van der Waals surface area (Å²) in [5, 5.41) is 10.6. The van der Waals surface area contributed by atoms with Crippen molar-refractivity contribution in [3.63, 3.8) is 0 Å². The number of nitrogens with zero attached hydrogens (tertiary/aromatic N) is 2. The van der Waals surface area contributed by atoms with Gasteiger partial charge in [0, 0.05) is 25.7 Å². The van der Waals surface area contributed by atoms with E-state index in [4.69, 9.17) is 5.73 Å². The zero-order valence-corrected chi connectivity index (χ0v) is 9.35. The van der Waals surface area contributed by atoms with E-state index in [0.29, 0.717) is 11.3 Å². The fourth-order valence-electron chi connectivity index (χ4n) is 1.39. The number of hydrogen-bond acceptors (Lipinski definition) is 4. The van der Waals surface area contributed by atoms with E-state index in [-0.39, 0.29) is 17.3 Å². The van der Waals surface area contributed by atoms with Crippen molar-refractivity contribution in [1.82, 2.24) is 0 Å². The second-order valence-electron chi connectivity index (χ2n) is 3.53. The first kappa shape index (κ1) is 12.0. The second kappa shape index (κ2) is 4.18. The Labute approximate surface area is 92.8 Å². The van der Waals surface area contributed by atoms with Crippen molar-refractivity contribution >= 4 is 23.0 Å². The number of carbonyl (C=O) groups is 1. The summed E-state index contributed by atoms with van der Waals surface area (Å²) in [6, 6.07) is 2.80. The molecule has 1 aromatic rings. The lowest BCUT2D eigenvalue weighted by atomic mass is 10.1. The SMILES string of the molecule is CC(=O)N(C)c1cc(N)c([N+](=O)[O-])cc1C. The highest BCUT2D eigenvalue weighted by Gasteiger charge is 2.17. The third-order valence-corrected chi connectivity index (χ3v) is 2.38. The monoisotopic (exact) mass is 223 g/mol. The largest absolute Gasteiger partial charge is 0.393 e. The van der Waals surface area contributed by atoms with Gasteiger partial charge in [0.05, 0.1) is 4.92 Å². The number of nitrogens with two attached hydrogens (primary N) is 1. The summed E-state index contributed by atoms with van der Waals surface area (Å²) >= 11 is 0. The minimum Gasteiger partial charge on any atom is -0.393 e. The lowest BCUT2D eigenvalue weighted by molar-refractivity contribution is -0.383. The van der Waals surface area contributed by atoms with Gasteiger partial charge in [-0.05, 0) is 18.6 Å². The van der Waals surface area contributed by atoms with Gasteiger partial charge in [-0.1, -0.05) is 0 Å². The van der Waals surface area contributed by atoms with Gasteiger partial charge in [0.15, 0.2) is 0 Å². The molecule has 0 unspecified atom stereocenters. The summed E-state index contributed by atoms with van der Waals surface area (Å²) in [5.74, 6) is -0.156. The standard InChI is InChI=1S/C10H13N3O3/c1-6-4-10(13(15)16)8(11)5-9(6)12(3)7(2)14/h4-5H,11H2,1-3H3. The maximum atomic E-state index is 11.2. The van der Waals surface area contributed by atoms with Crippen molar-refractivity contribution in [2.24, 2.45) is 0 Å². The molecule has 1 rings (SSSR count). The maximum Gasteiger partial charge on any atom is 0.292 e. The van der Waals surface area contributed by atoms with E-state index in [2.05, 4.69) is 0 Å². The molecule has 1 aromatic carbocycles. The van der Waals surface area contributed by atoms with Crippen molar-refractivity contribution in [3.05, 3.63) is 27.8 Å². The molecular weight excluding hydrogens is 210 g/mol. The van der Waals surface area contributed by atoms with Crippen LogP contribution in [0.25, 0.3) is 0 Å². The first-order chi connectivity index (χ1) is 7.34. The lowest BCUT2D eigenvalue weighted by Crippen LogP contribution is -2.23. The highest BCUT2D eigenvalue weighted by molar-refractivity contribution is 5.92. The molecule has 2 N–H and O–H groups in total. The number of nitro benzene ring substituents is 1. The van der Waals surface area contributed by atoms with Crippen LogP contribution in [0.4, 0.5) is 17.1 Å². The molecule has 0 aliphatic rings. The van der Waals surface area contributed by atoms with Crippen molar-refractivity contribution in [1.29, 1.82) is 0 Å². The van der Waals surface area contributed by atoms with Gasteiger partial charge < -0.3 is 10.6 Å². The van der Waals surface area contributed by atoms with Crippen molar-refractivity contribution in [2.45, 2.75) is 13.8 Å². The Hall–Kier alpha value is -2.11. The number of aryl methyl sites for hydroxylation is 1. The molecule has 0 spiro atoms. The molecule has 6 heteroatoms. The summed E-state index contributed by atoms with van der Waals surface area (Å²) in [4.78, 5) is 22.7. The minimum atomic E-state index is -0.542. The summed E-state index contributed by atoms with van der Waals surface area (Å²) in [7, 11) is 1.59. The fourth-order valence-corrected chi connectivity index (χ4v) is 1.39. The molecule has 0 radical (unpaired) electrons. The molecule has 0 heterocycles. The van der Waals surface area contributed by atoms with Gasteiger partial charge in [0.25, 0.3) is 5.69 Å². The Bertz CT molecular complexity index is 457. The first-order valence-electron chi connectivity index (χ1n) is 4.63. The van der Waals surface area contributed by atoms with Crippen LogP contribution in [0.5, 0.6) is 0 Å². The van der Waals surface area contributed by atoms with Crippen LogP contribution in [0.2, 0.25) is 0 Å². The Morgan fingerprint density at radius 1 is 1.50 bits per heavy atom. The number of benzene rings is 1. The molecule has 0 saturated heterocycles. The molecule has 0 bridgehead atoms. The van der Waals surface area contributed by atoms with Gasteiger partial charge in [-0.3, -0.25) is 14.9 Å². The van der Waals surface area contributed by atoms with E-state index in [1.54, 1.807) is 14.0 Å². The van der Waals surface area contributed by atoms with Crippen LogP contribution in [0, 0.1) is 17.0 Å². The summed E-state index contributed by atoms with van der Waals surface area (Å²) in [6.07, 6.45) is 0. The normalized spacial score (nSPS) is 9.94. The lowest BCUT2D eigenvalue weighted by Gasteiger charge is -2.17. The average Bonchev–Trinajstić information content (AvgIpc) is 2.19. The predicted molar refractivity (Wildman–Crippen MR) is 61.3 cm³/mol. The van der Waals surface area contributed by atoms with Gasteiger partial charge in [0.1, 0.15) is 5.69 Å². The molecule has 16 heavy (non-hydrogen) atoms. The molecule has 6 nitrogen and oxygen atoms in total. The molecule has 86 valence electrons. The number of amides is 1. The van der Waals surface area contributed by atoms with E-state index in [1.165, 1.54) is 24.0 Å². The van der Waals surface area contributed by atoms with Crippen LogP contribution >= 0.6 is 0 Å². The Kier molecular flexibility index (Phi) is 3.12. The van der Waals surface area contributed by atoms with E-state index < -0.39 is 4.92 Å². The van der Waals surface area contributed by atoms with E-state index >= 15 is 0 Å². The third kappa shape index (κ3) is 2.10. The van der Waals surface area contributed by atoms with Gasteiger partial charge >= 0.3 is 0 Å². The van der Waals surface area contributed by atoms with Crippen molar-refractivity contribution < 1.29 is 9.72 Å². The minimum absolute atomic E-state index is 0.0544. The quantitative estimate of drug-likeness (QED) is 0.467. The highest BCUT2D eigenvalue weighted by atomic mass is 16.6. The summed E-state index contributed by atoms with van der Waals surface area (Å²) in [5.41, 5.74) is 6.68. The van der Waals surface area contributed by atoms with Crippen LogP contribution in [-0.4, -0.2) is 17.9 Å². The number of carbonyl (C=O) groups excluding carboxylic acids is 1.